The first-order valence-electron chi connectivity index (χ1n) is 6.67. The summed E-state index contributed by atoms with van der Waals surface area (Å²) in [6.45, 7) is 3.86. The maximum Gasteiger partial charge on any atom is 0.223 e. The van der Waals surface area contributed by atoms with E-state index in [1.54, 1.807) is 19.9 Å². The molecule has 0 aliphatic carbocycles. The van der Waals surface area contributed by atoms with Crippen LogP contribution >= 0.6 is 0 Å². The molecule has 0 radical (unpaired) electrons. The van der Waals surface area contributed by atoms with Crippen LogP contribution < -0.4 is 0 Å². The van der Waals surface area contributed by atoms with E-state index < -0.39 is 10.0 Å². The Hall–Kier alpha value is -1.74. The smallest absolute Gasteiger partial charge is 0.223 e. The van der Waals surface area contributed by atoms with Crippen LogP contribution in [0.5, 0.6) is 0 Å². The molecule has 1 atom stereocenters. The molecule has 0 aromatic carbocycles. The zero-order chi connectivity index (χ0) is 15.0. The van der Waals surface area contributed by atoms with Gasteiger partial charge in [-0.15, -0.1) is 0 Å². The van der Waals surface area contributed by atoms with E-state index in [-0.39, 0.29) is 11.8 Å². The average molecular weight is 312 g/mol. The summed E-state index contributed by atoms with van der Waals surface area (Å²) < 4.78 is 36.4. The molecule has 0 amide bonds. The highest BCUT2D eigenvalue weighted by Gasteiger charge is 2.38. The molecule has 1 saturated heterocycles. The van der Waals surface area contributed by atoms with Crippen molar-refractivity contribution in [1.29, 1.82) is 0 Å². The molecule has 1 aliphatic rings. The van der Waals surface area contributed by atoms with Crippen molar-refractivity contribution in [2.24, 2.45) is 0 Å². The van der Waals surface area contributed by atoms with Crippen LogP contribution in [-0.4, -0.2) is 34.6 Å². The topological polar surface area (TPSA) is 102 Å². The Kier molecular flexibility index (Phi) is 3.54. The highest BCUT2D eigenvalue weighted by atomic mass is 32.2. The van der Waals surface area contributed by atoms with Crippen molar-refractivity contribution >= 4 is 10.0 Å². The van der Waals surface area contributed by atoms with Gasteiger partial charge in [0.05, 0.1) is 6.04 Å². The summed E-state index contributed by atoms with van der Waals surface area (Å²) in [6.07, 6.45) is 1.46. The minimum absolute atomic E-state index is 0.183. The predicted molar refractivity (Wildman–Crippen MR) is 71.6 cm³/mol. The van der Waals surface area contributed by atoms with Crippen molar-refractivity contribution in [3.8, 4) is 0 Å². The van der Waals surface area contributed by atoms with E-state index in [2.05, 4.69) is 15.3 Å². The second kappa shape index (κ2) is 5.23. The molecule has 0 N–H and O–H groups in total. The van der Waals surface area contributed by atoms with Crippen molar-refractivity contribution in [3.05, 3.63) is 29.2 Å². The minimum atomic E-state index is -3.50. The van der Waals surface area contributed by atoms with Crippen LogP contribution in [0.15, 0.2) is 15.1 Å². The van der Waals surface area contributed by atoms with Crippen LogP contribution in [0.25, 0.3) is 0 Å². The van der Waals surface area contributed by atoms with E-state index in [4.69, 9.17) is 9.05 Å². The summed E-state index contributed by atoms with van der Waals surface area (Å²) in [5.74, 6) is 1.26. The zero-order valence-electron chi connectivity index (χ0n) is 11.8. The Morgan fingerprint density at radius 1 is 1.33 bits per heavy atom. The molecule has 9 heteroatoms. The van der Waals surface area contributed by atoms with Crippen molar-refractivity contribution < 1.29 is 17.5 Å². The lowest BCUT2D eigenvalue weighted by Crippen LogP contribution is -2.32. The number of rotatable bonds is 4. The highest BCUT2D eigenvalue weighted by Crippen LogP contribution is 2.33. The van der Waals surface area contributed by atoms with Crippen LogP contribution in [0.3, 0.4) is 0 Å². The normalized spacial score (nSPS) is 20.2. The van der Waals surface area contributed by atoms with E-state index in [1.165, 1.54) is 4.31 Å². The number of hydrogen-bond acceptors (Lipinski definition) is 7. The molecule has 3 heterocycles. The molecule has 1 fully saturated rings. The third-order valence-corrected chi connectivity index (χ3v) is 5.22. The second-order valence-electron chi connectivity index (χ2n) is 5.13. The third kappa shape index (κ3) is 2.84. The fourth-order valence-electron chi connectivity index (χ4n) is 2.54. The molecule has 2 aromatic rings. The fourth-order valence-corrected chi connectivity index (χ4v) is 4.21. The van der Waals surface area contributed by atoms with Gasteiger partial charge in [-0.05, 0) is 19.8 Å². The van der Waals surface area contributed by atoms with Crippen LogP contribution in [0.1, 0.15) is 42.1 Å². The van der Waals surface area contributed by atoms with Gasteiger partial charge in [0.1, 0.15) is 17.2 Å². The molecule has 0 bridgehead atoms. The minimum Gasteiger partial charge on any atom is -0.361 e. The van der Waals surface area contributed by atoms with Crippen molar-refractivity contribution in [2.75, 3.05) is 6.54 Å². The van der Waals surface area contributed by atoms with E-state index in [1.807, 2.05) is 0 Å². The monoisotopic (exact) mass is 312 g/mol. The first-order chi connectivity index (χ1) is 9.95. The Bertz CT molecular complexity index is 736. The van der Waals surface area contributed by atoms with Crippen molar-refractivity contribution in [3.63, 3.8) is 0 Å². The number of hydrogen-bond donors (Lipinski definition) is 0. The standard InChI is InChI=1S/C12H16N4O4S/c1-8-6-10(14-19-8)7-21(17,18)16-5-3-4-11(16)12-13-9(2)20-15-12/h6,11H,3-5,7H2,1-2H3/t11-/m0/s1. The van der Waals surface area contributed by atoms with Crippen molar-refractivity contribution in [2.45, 2.75) is 38.5 Å². The Labute approximate surface area is 122 Å². The van der Waals surface area contributed by atoms with Gasteiger partial charge in [-0.25, -0.2) is 8.42 Å². The maximum absolute atomic E-state index is 12.6. The maximum atomic E-state index is 12.6. The summed E-state index contributed by atoms with van der Waals surface area (Å²) in [7, 11) is -3.50. The lowest BCUT2D eigenvalue weighted by atomic mass is 10.2. The van der Waals surface area contributed by atoms with Crippen LogP contribution in [0.2, 0.25) is 0 Å². The summed E-state index contributed by atoms with van der Waals surface area (Å²) >= 11 is 0. The van der Waals surface area contributed by atoms with Crippen molar-refractivity contribution in [1.82, 2.24) is 19.6 Å². The Balaban J connectivity index is 1.83. The van der Waals surface area contributed by atoms with Gasteiger partial charge in [-0.2, -0.15) is 9.29 Å². The van der Waals surface area contributed by atoms with Gasteiger partial charge in [0.2, 0.25) is 15.9 Å². The summed E-state index contributed by atoms with van der Waals surface area (Å²) in [6, 6.07) is 1.27. The fraction of sp³-hybridized carbons (Fsp3) is 0.583. The molecule has 0 saturated carbocycles. The molecule has 114 valence electrons. The van der Waals surface area contributed by atoms with Crippen LogP contribution in [0, 0.1) is 13.8 Å². The van der Waals surface area contributed by atoms with Gasteiger partial charge in [0.25, 0.3) is 0 Å². The molecule has 21 heavy (non-hydrogen) atoms. The SMILES string of the molecule is Cc1cc(CS(=O)(=O)N2CCC[C@H]2c2noc(C)n2)no1. The third-order valence-electron chi connectivity index (χ3n) is 3.41. The van der Waals surface area contributed by atoms with Crippen LogP contribution in [-0.2, 0) is 15.8 Å². The van der Waals surface area contributed by atoms with E-state index in [0.29, 0.717) is 36.1 Å². The molecular weight excluding hydrogens is 296 g/mol. The largest absolute Gasteiger partial charge is 0.361 e. The average Bonchev–Trinajstić information content (AvgIpc) is 3.09. The first-order valence-corrected chi connectivity index (χ1v) is 8.28. The quantitative estimate of drug-likeness (QED) is 0.839. The van der Waals surface area contributed by atoms with Gasteiger partial charge >= 0.3 is 0 Å². The molecule has 2 aromatic heterocycles. The molecule has 0 spiro atoms. The highest BCUT2D eigenvalue weighted by molar-refractivity contribution is 7.88. The lowest BCUT2D eigenvalue weighted by Gasteiger charge is -2.20. The number of sulfonamides is 1. The first kappa shape index (κ1) is 14.2. The molecular formula is C12H16N4O4S. The summed E-state index contributed by atoms with van der Waals surface area (Å²) in [4.78, 5) is 4.15. The summed E-state index contributed by atoms with van der Waals surface area (Å²) in [5, 5.41) is 7.59. The summed E-state index contributed by atoms with van der Waals surface area (Å²) in [5.41, 5.74) is 0.405. The van der Waals surface area contributed by atoms with Gasteiger partial charge in [0, 0.05) is 19.5 Å². The number of nitrogens with zero attached hydrogens (tertiary/aromatic N) is 4. The van der Waals surface area contributed by atoms with Gasteiger partial charge < -0.3 is 9.05 Å². The molecule has 8 nitrogen and oxygen atoms in total. The molecule has 1 aliphatic heterocycles. The van der Waals surface area contributed by atoms with E-state index in [0.717, 1.165) is 6.42 Å². The number of aryl methyl sites for hydroxylation is 2. The lowest BCUT2D eigenvalue weighted by molar-refractivity contribution is 0.348. The Morgan fingerprint density at radius 2 is 2.14 bits per heavy atom. The van der Waals surface area contributed by atoms with Gasteiger partial charge in [-0.3, -0.25) is 0 Å². The Morgan fingerprint density at radius 3 is 2.76 bits per heavy atom. The van der Waals surface area contributed by atoms with Crippen LogP contribution in [0.4, 0.5) is 0 Å². The zero-order valence-corrected chi connectivity index (χ0v) is 12.6. The predicted octanol–water partition coefficient (Wildman–Crippen LogP) is 1.34. The number of aromatic nitrogens is 3. The second-order valence-corrected chi connectivity index (χ2v) is 7.05. The van der Waals surface area contributed by atoms with Gasteiger partial charge in [-0.1, -0.05) is 10.3 Å². The van der Waals surface area contributed by atoms with Gasteiger partial charge in [0.15, 0.2) is 5.82 Å². The van der Waals surface area contributed by atoms with E-state index in [9.17, 15) is 8.42 Å². The molecule has 0 unspecified atom stereocenters. The molecule has 3 rings (SSSR count). The van der Waals surface area contributed by atoms with E-state index >= 15 is 0 Å².